The molecule has 3 rings (SSSR count). The molecule has 1 atom stereocenters. The number of carbonyl (C=O) groups is 1. The first kappa shape index (κ1) is 19.0. The molecule has 1 unspecified atom stereocenters. The molecule has 1 aliphatic heterocycles. The summed E-state index contributed by atoms with van der Waals surface area (Å²) >= 11 is 12.7. The summed E-state index contributed by atoms with van der Waals surface area (Å²) in [6, 6.07) is 11.9. The summed E-state index contributed by atoms with van der Waals surface area (Å²) in [5.74, 6) is 0.155. The predicted octanol–water partition coefficient (Wildman–Crippen LogP) is 4.69. The lowest BCUT2D eigenvalue weighted by molar-refractivity contribution is 0.225. The van der Waals surface area contributed by atoms with Crippen molar-refractivity contribution in [3.8, 4) is 0 Å². The van der Waals surface area contributed by atoms with E-state index in [0.29, 0.717) is 10.0 Å². The summed E-state index contributed by atoms with van der Waals surface area (Å²) in [4.78, 5) is 17.8. The first-order chi connectivity index (χ1) is 12.3. The van der Waals surface area contributed by atoms with Crippen LogP contribution in [0.2, 0.25) is 10.0 Å². The Kier molecular flexibility index (Phi) is 5.47. The number of rotatable bonds is 2. The monoisotopic (exact) mass is 391 g/mol. The molecule has 2 aromatic carbocycles. The van der Waals surface area contributed by atoms with Crippen LogP contribution < -0.4 is 4.90 Å². The van der Waals surface area contributed by atoms with Gasteiger partial charge in [0.2, 0.25) is 0 Å². The van der Waals surface area contributed by atoms with Gasteiger partial charge in [0, 0.05) is 55.9 Å². The molecule has 1 heterocycles. The van der Waals surface area contributed by atoms with Gasteiger partial charge in [-0.05, 0) is 48.0 Å². The van der Waals surface area contributed by atoms with E-state index in [1.807, 2.05) is 18.2 Å². The van der Waals surface area contributed by atoms with Crippen molar-refractivity contribution in [1.82, 2.24) is 9.80 Å². The maximum absolute atomic E-state index is 12.3. The molecule has 0 saturated heterocycles. The van der Waals surface area contributed by atoms with E-state index < -0.39 is 0 Å². The molecule has 1 aliphatic rings. The first-order valence-electron chi connectivity index (χ1n) is 8.49. The van der Waals surface area contributed by atoms with Gasteiger partial charge in [0.15, 0.2) is 0 Å². The Morgan fingerprint density at radius 2 is 1.88 bits per heavy atom. The molecule has 0 fully saturated rings. The first-order valence-corrected chi connectivity index (χ1v) is 9.25. The van der Waals surface area contributed by atoms with Crippen LogP contribution in [0.15, 0.2) is 36.4 Å². The van der Waals surface area contributed by atoms with Gasteiger partial charge < -0.3 is 9.80 Å². The summed E-state index contributed by atoms with van der Waals surface area (Å²) in [6.07, 6.45) is 0. The number of amides is 2. The number of nitrogens with zero attached hydrogens (tertiary/aromatic N) is 3. The molecule has 0 aromatic heterocycles. The van der Waals surface area contributed by atoms with Crippen LogP contribution in [-0.4, -0.2) is 50.6 Å². The van der Waals surface area contributed by atoms with E-state index >= 15 is 0 Å². The highest BCUT2D eigenvalue weighted by Crippen LogP contribution is 2.39. The zero-order chi connectivity index (χ0) is 19.0. The second-order valence-electron chi connectivity index (χ2n) is 7.04. The van der Waals surface area contributed by atoms with Crippen LogP contribution in [-0.2, 0) is 6.54 Å². The van der Waals surface area contributed by atoms with Crippen LogP contribution in [0.3, 0.4) is 0 Å². The van der Waals surface area contributed by atoms with E-state index in [4.69, 9.17) is 23.2 Å². The van der Waals surface area contributed by atoms with Crippen LogP contribution in [0.25, 0.3) is 0 Å². The molecule has 4 nitrogen and oxygen atoms in total. The minimum absolute atomic E-state index is 0.0607. The van der Waals surface area contributed by atoms with Gasteiger partial charge in [-0.15, -0.1) is 0 Å². The van der Waals surface area contributed by atoms with Crippen molar-refractivity contribution in [2.45, 2.75) is 12.5 Å². The molecule has 2 amide bonds. The summed E-state index contributed by atoms with van der Waals surface area (Å²) in [5.41, 5.74) is 4.30. The fourth-order valence-corrected chi connectivity index (χ4v) is 4.06. The fraction of sp³-hybridized carbons (Fsp3) is 0.350. The van der Waals surface area contributed by atoms with Gasteiger partial charge >= 0.3 is 6.03 Å². The average molecular weight is 392 g/mol. The van der Waals surface area contributed by atoms with Crippen molar-refractivity contribution in [3.63, 3.8) is 0 Å². The van der Waals surface area contributed by atoms with Gasteiger partial charge in [-0.25, -0.2) is 4.79 Å². The van der Waals surface area contributed by atoms with Crippen molar-refractivity contribution in [2.24, 2.45) is 0 Å². The number of urea groups is 1. The number of hydrogen-bond donors (Lipinski definition) is 0. The number of fused-ring (bicyclic) bond motifs is 1. The van der Waals surface area contributed by atoms with Crippen molar-refractivity contribution >= 4 is 34.9 Å². The third-order valence-corrected chi connectivity index (χ3v) is 5.38. The van der Waals surface area contributed by atoms with Crippen molar-refractivity contribution in [2.75, 3.05) is 39.6 Å². The minimum Gasteiger partial charge on any atom is -0.330 e. The van der Waals surface area contributed by atoms with E-state index in [0.717, 1.165) is 29.9 Å². The number of carbonyl (C=O) groups excluding carboxylic acids is 1. The topological polar surface area (TPSA) is 26.8 Å². The molecule has 26 heavy (non-hydrogen) atoms. The Morgan fingerprint density at radius 3 is 2.58 bits per heavy atom. The second kappa shape index (κ2) is 7.47. The number of halogens is 2. The molecule has 0 N–H and O–H groups in total. The third kappa shape index (κ3) is 3.68. The van der Waals surface area contributed by atoms with E-state index in [1.54, 1.807) is 37.0 Å². The molecule has 0 bridgehead atoms. The number of anilines is 1. The Morgan fingerprint density at radius 1 is 1.15 bits per heavy atom. The number of benzene rings is 2. The molecule has 2 aromatic rings. The summed E-state index contributed by atoms with van der Waals surface area (Å²) in [5, 5.41) is 1.36. The molecule has 0 radical (unpaired) electrons. The van der Waals surface area contributed by atoms with Crippen LogP contribution in [0.1, 0.15) is 22.6 Å². The van der Waals surface area contributed by atoms with Gasteiger partial charge in [-0.3, -0.25) is 4.90 Å². The normalized spacial score (nSPS) is 16.9. The Hall–Kier alpha value is -1.75. The SMILES string of the molecule is CN1Cc2c(Cl)cc(Cl)cc2C(c2cccc(N(C)C(=O)N(C)C)c2)C1. The predicted molar refractivity (Wildman–Crippen MR) is 109 cm³/mol. The van der Waals surface area contributed by atoms with Crippen LogP contribution in [0.5, 0.6) is 0 Å². The zero-order valence-corrected chi connectivity index (χ0v) is 17.0. The largest absolute Gasteiger partial charge is 0.330 e. The highest BCUT2D eigenvalue weighted by molar-refractivity contribution is 6.35. The van der Waals surface area contributed by atoms with Gasteiger partial charge in [0.05, 0.1) is 0 Å². The lowest BCUT2D eigenvalue weighted by Crippen LogP contribution is -2.36. The fourth-order valence-electron chi connectivity index (χ4n) is 3.49. The molecular weight excluding hydrogens is 369 g/mol. The summed E-state index contributed by atoms with van der Waals surface area (Å²) < 4.78 is 0. The number of likely N-dealkylation sites (N-methyl/N-ethyl adjacent to an activating group) is 1. The van der Waals surface area contributed by atoms with Crippen LogP contribution >= 0.6 is 23.2 Å². The second-order valence-corrected chi connectivity index (χ2v) is 7.88. The van der Waals surface area contributed by atoms with Gasteiger partial charge in [0.25, 0.3) is 0 Å². The smallest absolute Gasteiger partial charge is 0.323 e. The Labute approximate surface area is 164 Å². The van der Waals surface area contributed by atoms with E-state index in [-0.39, 0.29) is 11.9 Å². The molecule has 0 aliphatic carbocycles. The molecule has 0 spiro atoms. The maximum atomic E-state index is 12.3. The lowest BCUT2D eigenvalue weighted by Gasteiger charge is -2.34. The Balaban J connectivity index is 2.03. The molecule has 0 saturated carbocycles. The average Bonchev–Trinajstić information content (AvgIpc) is 2.60. The van der Waals surface area contributed by atoms with Crippen molar-refractivity contribution in [1.29, 1.82) is 0 Å². The van der Waals surface area contributed by atoms with E-state index in [9.17, 15) is 4.79 Å². The summed E-state index contributed by atoms with van der Waals surface area (Å²) in [6.45, 7) is 1.68. The zero-order valence-electron chi connectivity index (χ0n) is 15.5. The highest BCUT2D eigenvalue weighted by atomic mass is 35.5. The third-order valence-electron chi connectivity index (χ3n) is 4.82. The number of hydrogen-bond acceptors (Lipinski definition) is 2. The van der Waals surface area contributed by atoms with Crippen LogP contribution in [0.4, 0.5) is 10.5 Å². The van der Waals surface area contributed by atoms with E-state index in [2.05, 4.69) is 24.1 Å². The Bertz CT molecular complexity index is 838. The van der Waals surface area contributed by atoms with Crippen molar-refractivity contribution in [3.05, 3.63) is 63.1 Å². The minimum atomic E-state index is -0.0607. The van der Waals surface area contributed by atoms with Gasteiger partial charge in [0.1, 0.15) is 0 Å². The van der Waals surface area contributed by atoms with Gasteiger partial charge in [-0.2, -0.15) is 0 Å². The molecule has 6 heteroatoms. The highest BCUT2D eigenvalue weighted by Gasteiger charge is 2.27. The van der Waals surface area contributed by atoms with Crippen LogP contribution in [0, 0.1) is 0 Å². The van der Waals surface area contributed by atoms with Gasteiger partial charge in [-0.1, -0.05) is 35.3 Å². The quantitative estimate of drug-likeness (QED) is 0.742. The van der Waals surface area contributed by atoms with Crippen molar-refractivity contribution < 1.29 is 4.79 Å². The lowest BCUT2D eigenvalue weighted by atomic mass is 9.84. The molecule has 138 valence electrons. The van der Waals surface area contributed by atoms with E-state index in [1.165, 1.54) is 5.56 Å². The maximum Gasteiger partial charge on any atom is 0.323 e. The summed E-state index contributed by atoms with van der Waals surface area (Å²) in [7, 11) is 7.38. The standard InChI is InChI=1S/C20H23Cl2N3O/c1-23(2)20(26)25(4)15-7-5-6-13(8-15)17-11-24(3)12-18-16(17)9-14(21)10-19(18)22/h5-10,17H,11-12H2,1-4H3. The molecular formula is C20H23Cl2N3O.